The quantitative estimate of drug-likeness (QED) is 0.728. The summed E-state index contributed by atoms with van der Waals surface area (Å²) in [5, 5.41) is 2.89. The molecule has 1 rings (SSSR count). The Morgan fingerprint density at radius 3 is 2.21 bits per heavy atom. The molecule has 1 N–H and O–H groups in total. The summed E-state index contributed by atoms with van der Waals surface area (Å²) >= 11 is 0. The molecule has 0 radical (unpaired) electrons. The molecule has 0 bridgehead atoms. The molecule has 0 saturated heterocycles. The van der Waals surface area contributed by atoms with Crippen LogP contribution in [0.2, 0.25) is 0 Å². The topological polar surface area (TPSA) is 21.3 Å². The van der Waals surface area contributed by atoms with Gasteiger partial charge in [-0.15, -0.1) is 12.4 Å². The van der Waals surface area contributed by atoms with Gasteiger partial charge in [0.1, 0.15) is 0 Å². The second kappa shape index (κ2) is 4.73. The Morgan fingerprint density at radius 2 is 1.86 bits per heavy atom. The Bertz CT molecular complexity index is 174. The van der Waals surface area contributed by atoms with Crippen molar-refractivity contribution in [3.05, 3.63) is 0 Å². The number of hydrogen-bond donors (Lipinski definition) is 1. The Balaban J connectivity index is 0.00000169. The molecule has 0 aromatic rings. The van der Waals surface area contributed by atoms with Crippen molar-refractivity contribution in [2.45, 2.75) is 19.8 Å². The highest BCUT2D eigenvalue weighted by atomic mass is 35.5. The zero-order valence-electron chi connectivity index (χ0n) is 8.77. The second-order valence-electron chi connectivity index (χ2n) is 4.08. The van der Waals surface area contributed by atoms with Crippen LogP contribution in [-0.4, -0.2) is 32.7 Å². The first-order chi connectivity index (χ1) is 5.94. The molecule has 1 atom stereocenters. The van der Waals surface area contributed by atoms with Crippen LogP contribution in [0.25, 0.3) is 0 Å². The van der Waals surface area contributed by atoms with Crippen molar-refractivity contribution < 1.29 is 13.5 Å². The van der Waals surface area contributed by atoms with E-state index in [1.807, 2.05) is 0 Å². The maximum atomic E-state index is 13.0. The van der Waals surface area contributed by atoms with Gasteiger partial charge < -0.3 is 10.1 Å². The van der Waals surface area contributed by atoms with Crippen molar-refractivity contribution in [2.75, 3.05) is 26.8 Å². The van der Waals surface area contributed by atoms with Crippen LogP contribution < -0.4 is 5.32 Å². The molecular weight excluding hydrogens is 212 g/mol. The van der Waals surface area contributed by atoms with E-state index in [0.29, 0.717) is 13.2 Å². The van der Waals surface area contributed by atoms with Gasteiger partial charge in [-0.1, -0.05) is 13.8 Å². The number of likely N-dealkylation sites (N-methyl/N-ethyl adjacent to an activating group) is 1. The molecule has 2 nitrogen and oxygen atoms in total. The van der Waals surface area contributed by atoms with Crippen molar-refractivity contribution >= 4 is 12.4 Å². The molecule has 14 heavy (non-hydrogen) atoms. The summed E-state index contributed by atoms with van der Waals surface area (Å²) in [6.45, 7) is 4.54. The van der Waals surface area contributed by atoms with Crippen molar-refractivity contribution in [3.8, 4) is 0 Å². The summed E-state index contributed by atoms with van der Waals surface area (Å²) in [7, 11) is 1.80. The normalized spacial score (nSPS) is 26.8. The highest BCUT2D eigenvalue weighted by molar-refractivity contribution is 5.85. The van der Waals surface area contributed by atoms with Crippen molar-refractivity contribution in [2.24, 2.45) is 11.3 Å². The van der Waals surface area contributed by atoms with Gasteiger partial charge in [0.2, 0.25) is 0 Å². The maximum Gasteiger partial charge on any atom is 0.259 e. The summed E-state index contributed by atoms with van der Waals surface area (Å²) in [4.78, 5) is 0. The highest BCUT2D eigenvalue weighted by Crippen LogP contribution is 2.65. The Labute approximate surface area is 89.8 Å². The van der Waals surface area contributed by atoms with Crippen LogP contribution in [0.5, 0.6) is 0 Å². The van der Waals surface area contributed by atoms with E-state index >= 15 is 0 Å². The van der Waals surface area contributed by atoms with Crippen LogP contribution in [-0.2, 0) is 4.74 Å². The van der Waals surface area contributed by atoms with E-state index in [1.165, 1.54) is 0 Å². The minimum Gasteiger partial charge on any atom is -0.380 e. The number of rotatable bonds is 5. The summed E-state index contributed by atoms with van der Waals surface area (Å²) in [5.41, 5.74) is -0.868. The van der Waals surface area contributed by atoms with Crippen LogP contribution in [0.3, 0.4) is 0 Å². The van der Waals surface area contributed by atoms with E-state index < -0.39 is 17.3 Å². The molecule has 0 heterocycles. The fraction of sp³-hybridized carbons (Fsp3) is 1.00. The molecule has 1 aliphatic rings. The highest BCUT2D eigenvalue weighted by Gasteiger charge is 2.74. The predicted molar refractivity (Wildman–Crippen MR) is 54.2 cm³/mol. The summed E-state index contributed by atoms with van der Waals surface area (Å²) < 4.78 is 31.1. The van der Waals surface area contributed by atoms with Crippen LogP contribution in [0, 0.1) is 11.3 Å². The summed E-state index contributed by atoms with van der Waals surface area (Å²) in [5.74, 6) is -3.14. The number of hydrogen-bond acceptors (Lipinski definition) is 2. The zero-order chi connectivity index (χ0) is 10.1. The molecule has 1 fully saturated rings. The lowest BCUT2D eigenvalue weighted by Crippen LogP contribution is -2.16. The van der Waals surface area contributed by atoms with Gasteiger partial charge in [-0.3, -0.25) is 0 Å². The van der Waals surface area contributed by atoms with E-state index in [4.69, 9.17) is 4.74 Å². The molecule has 0 aliphatic heterocycles. The number of alkyl halides is 2. The standard InChI is InChI=1S/C9H17F2NO.ClH/c1-8(2)7(9(8,10)11)6-13-5-4-12-3;/h7,12H,4-6H2,1-3H3;1H. The van der Waals surface area contributed by atoms with Gasteiger partial charge in [0.05, 0.1) is 19.1 Å². The lowest BCUT2D eigenvalue weighted by Gasteiger charge is -2.02. The van der Waals surface area contributed by atoms with Crippen molar-refractivity contribution in [1.29, 1.82) is 0 Å². The first-order valence-corrected chi connectivity index (χ1v) is 4.54. The SMILES string of the molecule is CNCCOCC1C(C)(C)C1(F)F.Cl. The molecule has 1 aliphatic carbocycles. The first kappa shape index (κ1) is 14.1. The van der Waals surface area contributed by atoms with E-state index in [-0.39, 0.29) is 19.0 Å². The van der Waals surface area contributed by atoms with E-state index in [2.05, 4.69) is 5.32 Å². The van der Waals surface area contributed by atoms with Crippen LogP contribution in [0.4, 0.5) is 8.78 Å². The molecule has 86 valence electrons. The van der Waals surface area contributed by atoms with Crippen LogP contribution in [0.15, 0.2) is 0 Å². The van der Waals surface area contributed by atoms with Gasteiger partial charge in [-0.25, -0.2) is 8.78 Å². The van der Waals surface area contributed by atoms with Crippen molar-refractivity contribution in [1.82, 2.24) is 5.32 Å². The number of ether oxygens (including phenoxy) is 1. The van der Waals surface area contributed by atoms with E-state index in [0.717, 1.165) is 0 Å². The van der Waals surface area contributed by atoms with E-state index in [9.17, 15) is 8.78 Å². The Morgan fingerprint density at radius 1 is 1.36 bits per heavy atom. The third kappa shape index (κ3) is 2.35. The maximum absolute atomic E-state index is 13.0. The predicted octanol–water partition coefficient (Wildman–Crippen LogP) is 1.94. The lowest BCUT2D eigenvalue weighted by atomic mass is 10.1. The number of halogens is 3. The molecule has 5 heteroatoms. The zero-order valence-corrected chi connectivity index (χ0v) is 9.59. The van der Waals surface area contributed by atoms with Gasteiger partial charge in [-0.2, -0.15) is 0 Å². The molecule has 1 unspecified atom stereocenters. The van der Waals surface area contributed by atoms with Crippen molar-refractivity contribution in [3.63, 3.8) is 0 Å². The largest absolute Gasteiger partial charge is 0.380 e. The molecule has 0 aromatic heterocycles. The third-order valence-electron chi connectivity index (χ3n) is 2.87. The van der Waals surface area contributed by atoms with Gasteiger partial charge >= 0.3 is 0 Å². The third-order valence-corrected chi connectivity index (χ3v) is 2.87. The average molecular weight is 230 g/mol. The Kier molecular flexibility index (Phi) is 4.75. The first-order valence-electron chi connectivity index (χ1n) is 4.54. The van der Waals surface area contributed by atoms with Gasteiger partial charge in [0, 0.05) is 12.0 Å². The van der Waals surface area contributed by atoms with Gasteiger partial charge in [0.25, 0.3) is 5.92 Å². The second-order valence-corrected chi connectivity index (χ2v) is 4.08. The molecule has 1 saturated carbocycles. The molecule has 0 aromatic carbocycles. The molecular formula is C9H18ClF2NO. The smallest absolute Gasteiger partial charge is 0.259 e. The lowest BCUT2D eigenvalue weighted by molar-refractivity contribution is 0.0457. The molecule has 0 amide bonds. The Hall–Kier alpha value is 0.0700. The monoisotopic (exact) mass is 229 g/mol. The summed E-state index contributed by atoms with van der Waals surface area (Å²) in [6.07, 6.45) is 0. The van der Waals surface area contributed by atoms with Gasteiger partial charge in [-0.05, 0) is 7.05 Å². The molecule has 0 spiro atoms. The summed E-state index contributed by atoms with van der Waals surface area (Å²) in [6, 6.07) is 0. The fourth-order valence-corrected chi connectivity index (χ4v) is 1.45. The minimum absolute atomic E-state index is 0. The van der Waals surface area contributed by atoms with Crippen LogP contribution in [0.1, 0.15) is 13.8 Å². The van der Waals surface area contributed by atoms with Crippen LogP contribution >= 0.6 is 12.4 Å². The fourth-order valence-electron chi connectivity index (χ4n) is 1.45. The minimum atomic E-state index is -2.54. The number of nitrogens with one attached hydrogen (secondary N) is 1. The average Bonchev–Trinajstić information content (AvgIpc) is 2.39. The van der Waals surface area contributed by atoms with E-state index in [1.54, 1.807) is 20.9 Å². The van der Waals surface area contributed by atoms with Gasteiger partial charge in [0.15, 0.2) is 0 Å².